The largest absolute Gasteiger partial charge is 0.469 e. The van der Waals surface area contributed by atoms with Crippen molar-refractivity contribution in [1.82, 2.24) is 0 Å². The third-order valence-electron chi connectivity index (χ3n) is 3.85. The van der Waals surface area contributed by atoms with Crippen LogP contribution in [0, 0.1) is 5.41 Å². The standard InChI is InChI=1S/C14H22O2/c1-13(2)6-4-7-14(15,9-8-13)11-12-5-3-10-16-12/h3,5,10,15H,4,6-9,11H2,1-2H3. The first-order valence-electron chi connectivity index (χ1n) is 6.24. The van der Waals surface area contributed by atoms with Crippen LogP contribution in [0.3, 0.4) is 0 Å². The molecule has 1 aliphatic carbocycles. The van der Waals surface area contributed by atoms with Crippen molar-refractivity contribution in [2.75, 3.05) is 0 Å². The van der Waals surface area contributed by atoms with E-state index >= 15 is 0 Å². The Morgan fingerprint density at radius 1 is 1.25 bits per heavy atom. The van der Waals surface area contributed by atoms with Crippen LogP contribution in [-0.2, 0) is 6.42 Å². The second-order valence-electron chi connectivity index (χ2n) is 6.00. The molecule has 0 aliphatic heterocycles. The van der Waals surface area contributed by atoms with E-state index in [0.29, 0.717) is 11.8 Å². The second kappa shape index (κ2) is 4.25. The first-order chi connectivity index (χ1) is 7.49. The normalized spacial score (nSPS) is 29.9. The smallest absolute Gasteiger partial charge is 0.106 e. The van der Waals surface area contributed by atoms with Crippen molar-refractivity contribution in [2.24, 2.45) is 5.41 Å². The average molecular weight is 222 g/mol. The van der Waals surface area contributed by atoms with Gasteiger partial charge < -0.3 is 9.52 Å². The Kier molecular flexibility index (Phi) is 3.11. The summed E-state index contributed by atoms with van der Waals surface area (Å²) in [5, 5.41) is 10.6. The summed E-state index contributed by atoms with van der Waals surface area (Å²) in [6.07, 6.45) is 7.56. The molecule has 1 aromatic heterocycles. The molecule has 2 nitrogen and oxygen atoms in total. The quantitative estimate of drug-likeness (QED) is 0.776. The number of hydrogen-bond acceptors (Lipinski definition) is 2. The molecule has 1 fully saturated rings. The van der Waals surface area contributed by atoms with Crippen LogP contribution in [-0.4, -0.2) is 10.7 Å². The van der Waals surface area contributed by atoms with Gasteiger partial charge in [-0.2, -0.15) is 0 Å². The highest BCUT2D eigenvalue weighted by molar-refractivity contribution is 5.03. The van der Waals surface area contributed by atoms with Crippen LogP contribution < -0.4 is 0 Å². The van der Waals surface area contributed by atoms with Crippen LogP contribution in [0.2, 0.25) is 0 Å². The van der Waals surface area contributed by atoms with Gasteiger partial charge in [0.05, 0.1) is 11.9 Å². The highest BCUT2D eigenvalue weighted by atomic mass is 16.3. The third kappa shape index (κ3) is 2.88. The molecule has 1 aromatic rings. The Balaban J connectivity index is 2.02. The molecule has 0 bridgehead atoms. The van der Waals surface area contributed by atoms with E-state index in [1.54, 1.807) is 6.26 Å². The van der Waals surface area contributed by atoms with E-state index in [9.17, 15) is 5.11 Å². The monoisotopic (exact) mass is 222 g/mol. The van der Waals surface area contributed by atoms with Gasteiger partial charge in [0, 0.05) is 6.42 Å². The van der Waals surface area contributed by atoms with Gasteiger partial charge in [-0.15, -0.1) is 0 Å². The van der Waals surface area contributed by atoms with Crippen molar-refractivity contribution < 1.29 is 9.52 Å². The average Bonchev–Trinajstić information content (AvgIpc) is 2.63. The van der Waals surface area contributed by atoms with Crippen molar-refractivity contribution in [2.45, 2.75) is 58.0 Å². The maximum absolute atomic E-state index is 10.6. The molecule has 0 spiro atoms. The third-order valence-corrected chi connectivity index (χ3v) is 3.85. The Morgan fingerprint density at radius 2 is 2.06 bits per heavy atom. The maximum atomic E-state index is 10.6. The van der Waals surface area contributed by atoms with Gasteiger partial charge in [0.25, 0.3) is 0 Å². The summed E-state index contributed by atoms with van der Waals surface area (Å²) in [5.74, 6) is 0.905. The fourth-order valence-electron chi connectivity index (χ4n) is 2.63. The second-order valence-corrected chi connectivity index (χ2v) is 6.00. The number of hydrogen-bond donors (Lipinski definition) is 1. The SMILES string of the molecule is CC1(C)CCCC(O)(Cc2ccco2)CC1. The van der Waals surface area contributed by atoms with Crippen LogP contribution in [0.25, 0.3) is 0 Å². The predicted octanol–water partition coefficient (Wildman–Crippen LogP) is 3.54. The van der Waals surface area contributed by atoms with Gasteiger partial charge >= 0.3 is 0 Å². The van der Waals surface area contributed by atoms with E-state index < -0.39 is 5.60 Å². The van der Waals surface area contributed by atoms with Gasteiger partial charge in [-0.1, -0.05) is 20.3 Å². The molecule has 1 aliphatic rings. The zero-order valence-electron chi connectivity index (χ0n) is 10.3. The van der Waals surface area contributed by atoms with Crippen molar-refractivity contribution >= 4 is 0 Å². The molecule has 16 heavy (non-hydrogen) atoms. The summed E-state index contributed by atoms with van der Waals surface area (Å²) >= 11 is 0. The van der Waals surface area contributed by atoms with Gasteiger partial charge in [0.15, 0.2) is 0 Å². The molecule has 2 rings (SSSR count). The highest BCUT2D eigenvalue weighted by Gasteiger charge is 2.34. The molecule has 0 radical (unpaired) electrons. The number of rotatable bonds is 2. The van der Waals surface area contributed by atoms with Crippen molar-refractivity contribution in [3.8, 4) is 0 Å². The Labute approximate surface area is 97.7 Å². The van der Waals surface area contributed by atoms with Crippen LogP contribution in [0.1, 0.15) is 51.7 Å². The maximum Gasteiger partial charge on any atom is 0.106 e. The lowest BCUT2D eigenvalue weighted by atomic mass is 9.83. The first-order valence-corrected chi connectivity index (χ1v) is 6.24. The van der Waals surface area contributed by atoms with Crippen molar-refractivity contribution in [3.63, 3.8) is 0 Å². The fraction of sp³-hybridized carbons (Fsp3) is 0.714. The van der Waals surface area contributed by atoms with Crippen LogP contribution in [0.5, 0.6) is 0 Å². The van der Waals surface area contributed by atoms with Crippen molar-refractivity contribution in [3.05, 3.63) is 24.2 Å². The van der Waals surface area contributed by atoms with Crippen molar-refractivity contribution in [1.29, 1.82) is 0 Å². The topological polar surface area (TPSA) is 33.4 Å². The highest BCUT2D eigenvalue weighted by Crippen LogP contribution is 2.39. The molecule has 2 heteroatoms. The molecular weight excluding hydrogens is 200 g/mol. The minimum atomic E-state index is -0.550. The predicted molar refractivity (Wildman–Crippen MR) is 64.2 cm³/mol. The van der Waals surface area contributed by atoms with Crippen LogP contribution >= 0.6 is 0 Å². The van der Waals surface area contributed by atoms with Gasteiger partial charge in [-0.25, -0.2) is 0 Å². The molecule has 1 heterocycles. The molecule has 0 saturated heterocycles. The van der Waals surface area contributed by atoms with Gasteiger partial charge in [0.1, 0.15) is 5.76 Å². The lowest BCUT2D eigenvalue weighted by Crippen LogP contribution is -2.30. The molecule has 1 unspecified atom stereocenters. The Bertz CT molecular complexity index is 327. The van der Waals surface area contributed by atoms with Crippen LogP contribution in [0.4, 0.5) is 0 Å². The number of aliphatic hydroxyl groups is 1. The van der Waals surface area contributed by atoms with E-state index in [4.69, 9.17) is 4.42 Å². The molecular formula is C14H22O2. The number of furan rings is 1. The minimum absolute atomic E-state index is 0.383. The van der Waals surface area contributed by atoms with E-state index in [-0.39, 0.29) is 0 Å². The minimum Gasteiger partial charge on any atom is -0.469 e. The van der Waals surface area contributed by atoms with Gasteiger partial charge in [-0.05, 0) is 43.2 Å². The molecule has 1 N–H and O–H groups in total. The molecule has 1 saturated carbocycles. The summed E-state index contributed by atoms with van der Waals surface area (Å²) in [6, 6.07) is 3.84. The van der Waals surface area contributed by atoms with E-state index in [1.807, 2.05) is 12.1 Å². The Hall–Kier alpha value is -0.760. The van der Waals surface area contributed by atoms with E-state index in [0.717, 1.165) is 31.4 Å². The summed E-state index contributed by atoms with van der Waals surface area (Å²) in [7, 11) is 0. The summed E-state index contributed by atoms with van der Waals surface area (Å²) < 4.78 is 5.33. The lowest BCUT2D eigenvalue weighted by Gasteiger charge is -2.27. The molecule has 0 aromatic carbocycles. The fourth-order valence-corrected chi connectivity index (χ4v) is 2.63. The lowest BCUT2D eigenvalue weighted by molar-refractivity contribution is 0.0181. The van der Waals surface area contributed by atoms with E-state index in [1.165, 1.54) is 6.42 Å². The summed E-state index contributed by atoms with van der Waals surface area (Å²) in [4.78, 5) is 0. The molecule has 1 atom stereocenters. The summed E-state index contributed by atoms with van der Waals surface area (Å²) in [5.41, 5.74) is -0.167. The first kappa shape index (κ1) is 11.7. The molecule has 0 amide bonds. The molecule has 90 valence electrons. The van der Waals surface area contributed by atoms with Gasteiger partial charge in [0.2, 0.25) is 0 Å². The Morgan fingerprint density at radius 3 is 2.75 bits per heavy atom. The summed E-state index contributed by atoms with van der Waals surface area (Å²) in [6.45, 7) is 4.59. The van der Waals surface area contributed by atoms with Crippen LogP contribution in [0.15, 0.2) is 22.8 Å². The van der Waals surface area contributed by atoms with E-state index in [2.05, 4.69) is 13.8 Å². The van der Waals surface area contributed by atoms with Gasteiger partial charge in [-0.3, -0.25) is 0 Å². The zero-order valence-corrected chi connectivity index (χ0v) is 10.3. The zero-order chi connectivity index (χ0) is 11.6.